The van der Waals surface area contributed by atoms with Crippen LogP contribution in [-0.2, 0) is 6.42 Å². The van der Waals surface area contributed by atoms with Gasteiger partial charge in [-0.3, -0.25) is 4.98 Å². The lowest BCUT2D eigenvalue weighted by Gasteiger charge is -2.09. The summed E-state index contributed by atoms with van der Waals surface area (Å²) in [4.78, 5) is 9.54. The van der Waals surface area contributed by atoms with Gasteiger partial charge in [-0.25, -0.2) is 4.98 Å². The van der Waals surface area contributed by atoms with Crippen LogP contribution in [0.5, 0.6) is 0 Å². The number of pyridine rings is 2. The predicted octanol–water partition coefficient (Wildman–Crippen LogP) is 5.62. The van der Waals surface area contributed by atoms with Gasteiger partial charge in [-0.1, -0.05) is 49.4 Å². The van der Waals surface area contributed by atoms with E-state index in [4.69, 9.17) is 9.97 Å². The molecule has 0 aliphatic rings. The molecule has 2 heterocycles. The highest BCUT2D eigenvalue weighted by Gasteiger charge is 2.11. The van der Waals surface area contributed by atoms with Crippen LogP contribution in [0.15, 0.2) is 60.8 Å². The first kappa shape index (κ1) is 14.6. The summed E-state index contributed by atoms with van der Waals surface area (Å²) >= 11 is 2.37. The topological polar surface area (TPSA) is 25.8 Å². The van der Waals surface area contributed by atoms with Crippen molar-refractivity contribution in [1.29, 1.82) is 0 Å². The van der Waals surface area contributed by atoms with Gasteiger partial charge in [0.25, 0.3) is 0 Å². The molecule has 0 saturated heterocycles. The molecule has 0 radical (unpaired) electrons. The quantitative estimate of drug-likeness (QED) is 0.317. The first-order valence-corrected chi connectivity index (χ1v) is 8.77. The number of hydrogen-bond donors (Lipinski definition) is 0. The Morgan fingerprint density at radius 3 is 2.52 bits per heavy atom. The van der Waals surface area contributed by atoms with Crippen LogP contribution < -0.4 is 0 Å². The fourth-order valence-electron chi connectivity index (χ4n) is 2.81. The minimum absolute atomic E-state index is 1.00. The van der Waals surface area contributed by atoms with Gasteiger partial charge < -0.3 is 0 Å². The molecule has 0 unspecified atom stereocenters. The van der Waals surface area contributed by atoms with Crippen molar-refractivity contribution in [2.75, 3.05) is 0 Å². The molecule has 2 aromatic heterocycles. The Kier molecular flexibility index (Phi) is 3.73. The van der Waals surface area contributed by atoms with Crippen LogP contribution in [0.4, 0.5) is 0 Å². The molecule has 4 aromatic rings. The number of hydrogen-bond acceptors (Lipinski definition) is 2. The third-order valence-corrected chi connectivity index (χ3v) is 5.16. The van der Waals surface area contributed by atoms with E-state index < -0.39 is 0 Å². The molecular formula is C20H15IN2. The van der Waals surface area contributed by atoms with Gasteiger partial charge in [0.2, 0.25) is 0 Å². The van der Waals surface area contributed by atoms with E-state index >= 15 is 0 Å². The molecule has 2 nitrogen and oxygen atoms in total. The zero-order chi connectivity index (χ0) is 15.8. The van der Waals surface area contributed by atoms with Crippen molar-refractivity contribution in [3.63, 3.8) is 0 Å². The SMILES string of the molecule is CCc1ccc(-c2ncc3cc4ccccc4nc3c2I)cc1. The van der Waals surface area contributed by atoms with Crippen LogP contribution in [0.3, 0.4) is 0 Å². The molecule has 2 aromatic carbocycles. The average Bonchev–Trinajstić information content (AvgIpc) is 2.61. The second-order valence-corrected chi connectivity index (χ2v) is 6.67. The summed E-state index contributed by atoms with van der Waals surface area (Å²) in [5, 5.41) is 2.24. The molecule has 0 spiro atoms. The normalized spacial score (nSPS) is 11.2. The third kappa shape index (κ3) is 2.59. The molecule has 0 aliphatic heterocycles. The van der Waals surface area contributed by atoms with Gasteiger partial charge >= 0.3 is 0 Å². The number of fused-ring (bicyclic) bond motifs is 2. The molecule has 0 atom stereocenters. The van der Waals surface area contributed by atoms with Crippen LogP contribution in [0.25, 0.3) is 33.1 Å². The van der Waals surface area contributed by atoms with Crippen molar-refractivity contribution in [2.45, 2.75) is 13.3 Å². The molecule has 0 fully saturated rings. The number of aryl methyl sites for hydroxylation is 1. The molecule has 112 valence electrons. The smallest absolute Gasteiger partial charge is 0.0880 e. The maximum absolute atomic E-state index is 4.85. The summed E-state index contributed by atoms with van der Waals surface area (Å²) in [6, 6.07) is 19.0. The van der Waals surface area contributed by atoms with E-state index in [1.54, 1.807) is 0 Å². The number of aromatic nitrogens is 2. The second-order valence-electron chi connectivity index (χ2n) is 5.59. The van der Waals surface area contributed by atoms with Crippen LogP contribution >= 0.6 is 22.6 Å². The van der Waals surface area contributed by atoms with Crippen molar-refractivity contribution >= 4 is 44.4 Å². The second kappa shape index (κ2) is 5.89. The Labute approximate surface area is 148 Å². The summed E-state index contributed by atoms with van der Waals surface area (Å²) < 4.78 is 1.11. The molecule has 0 aliphatic carbocycles. The number of rotatable bonds is 2. The zero-order valence-electron chi connectivity index (χ0n) is 12.8. The predicted molar refractivity (Wildman–Crippen MR) is 105 cm³/mol. The van der Waals surface area contributed by atoms with Crippen molar-refractivity contribution in [1.82, 2.24) is 9.97 Å². The minimum atomic E-state index is 1.00. The summed E-state index contributed by atoms with van der Waals surface area (Å²) in [5.41, 5.74) is 5.53. The van der Waals surface area contributed by atoms with Crippen LogP contribution in [-0.4, -0.2) is 9.97 Å². The Morgan fingerprint density at radius 2 is 1.74 bits per heavy atom. The fraction of sp³-hybridized carbons (Fsp3) is 0.100. The first-order valence-electron chi connectivity index (χ1n) is 7.69. The largest absolute Gasteiger partial charge is 0.254 e. The maximum atomic E-state index is 4.85. The van der Waals surface area contributed by atoms with Crippen LogP contribution in [0.2, 0.25) is 0 Å². The van der Waals surface area contributed by atoms with Crippen molar-refractivity contribution < 1.29 is 0 Å². The van der Waals surface area contributed by atoms with Crippen LogP contribution in [0, 0.1) is 3.57 Å². The Morgan fingerprint density at radius 1 is 0.957 bits per heavy atom. The highest BCUT2D eigenvalue weighted by molar-refractivity contribution is 14.1. The van der Waals surface area contributed by atoms with Gasteiger partial charge in [-0.2, -0.15) is 0 Å². The lowest BCUT2D eigenvalue weighted by molar-refractivity contribution is 1.14. The molecular weight excluding hydrogens is 395 g/mol. The lowest BCUT2D eigenvalue weighted by Crippen LogP contribution is -1.93. The molecule has 3 heteroatoms. The number of benzene rings is 2. The van der Waals surface area contributed by atoms with Gasteiger partial charge in [-0.15, -0.1) is 0 Å². The molecule has 0 saturated carbocycles. The van der Waals surface area contributed by atoms with Gasteiger partial charge in [0.1, 0.15) is 0 Å². The molecule has 4 rings (SSSR count). The molecule has 0 N–H and O–H groups in total. The monoisotopic (exact) mass is 410 g/mol. The summed E-state index contributed by atoms with van der Waals surface area (Å²) in [6.07, 6.45) is 2.98. The van der Waals surface area contributed by atoms with E-state index in [9.17, 15) is 0 Å². The van der Waals surface area contributed by atoms with Crippen molar-refractivity contribution in [2.24, 2.45) is 0 Å². The molecule has 23 heavy (non-hydrogen) atoms. The zero-order valence-corrected chi connectivity index (χ0v) is 14.9. The standard InChI is InChI=1S/C20H15IN2/c1-2-13-7-9-14(10-8-13)19-18(21)20-16(12-22-19)11-15-5-3-4-6-17(15)23-20/h3-12H,2H2,1H3. The summed E-state index contributed by atoms with van der Waals surface area (Å²) in [6.45, 7) is 2.17. The number of halogens is 1. The maximum Gasteiger partial charge on any atom is 0.0880 e. The van der Waals surface area contributed by atoms with E-state index in [0.29, 0.717) is 0 Å². The minimum Gasteiger partial charge on any atom is -0.254 e. The fourth-order valence-corrected chi connectivity index (χ4v) is 3.69. The molecule has 0 amide bonds. The van der Waals surface area contributed by atoms with Gasteiger partial charge in [-0.05, 0) is 46.7 Å². The number of nitrogens with zero attached hydrogens (tertiary/aromatic N) is 2. The average molecular weight is 410 g/mol. The Bertz CT molecular complexity index is 1010. The van der Waals surface area contributed by atoms with E-state index in [-0.39, 0.29) is 0 Å². The van der Waals surface area contributed by atoms with E-state index in [0.717, 1.165) is 43.1 Å². The van der Waals surface area contributed by atoms with E-state index in [1.807, 2.05) is 18.3 Å². The van der Waals surface area contributed by atoms with Crippen molar-refractivity contribution in [3.05, 3.63) is 69.9 Å². The van der Waals surface area contributed by atoms with Crippen LogP contribution in [0.1, 0.15) is 12.5 Å². The van der Waals surface area contributed by atoms with Gasteiger partial charge in [0.15, 0.2) is 0 Å². The van der Waals surface area contributed by atoms with Gasteiger partial charge in [0, 0.05) is 22.5 Å². The number of para-hydroxylation sites is 1. The Balaban J connectivity index is 1.93. The first-order chi connectivity index (χ1) is 11.3. The van der Waals surface area contributed by atoms with E-state index in [2.05, 4.69) is 72.0 Å². The highest BCUT2D eigenvalue weighted by Crippen LogP contribution is 2.30. The summed E-state index contributed by atoms with van der Waals surface area (Å²) in [7, 11) is 0. The van der Waals surface area contributed by atoms with Gasteiger partial charge in [0.05, 0.1) is 20.3 Å². The van der Waals surface area contributed by atoms with Crippen molar-refractivity contribution in [3.8, 4) is 11.3 Å². The lowest BCUT2D eigenvalue weighted by atomic mass is 10.1. The molecule has 0 bridgehead atoms. The summed E-state index contributed by atoms with van der Waals surface area (Å²) in [5.74, 6) is 0. The third-order valence-electron chi connectivity index (χ3n) is 4.14. The van der Waals surface area contributed by atoms with E-state index in [1.165, 1.54) is 5.56 Å². The highest BCUT2D eigenvalue weighted by atomic mass is 127. The Hall–Kier alpha value is -2.01.